The minimum atomic E-state index is -2.75. The van der Waals surface area contributed by atoms with Crippen LogP contribution in [0.2, 0.25) is 0 Å². The highest BCUT2D eigenvalue weighted by Crippen LogP contribution is 2.41. The van der Waals surface area contributed by atoms with Crippen LogP contribution in [0.3, 0.4) is 0 Å². The Hall–Kier alpha value is -0.990. The molecule has 1 aromatic rings. The first-order valence-corrected chi connectivity index (χ1v) is 3.76. The molecule has 0 N–H and O–H groups in total. The third-order valence-corrected chi connectivity index (χ3v) is 2.17. The summed E-state index contributed by atoms with van der Waals surface area (Å²) < 4.78 is 38.5. The molecule has 64 valence electrons. The number of rotatable bonds is 0. The maximum absolute atomic E-state index is 12.9. The summed E-state index contributed by atoms with van der Waals surface area (Å²) in [6.45, 7) is 0. The van der Waals surface area contributed by atoms with Gasteiger partial charge in [-0.05, 0) is 30.2 Å². The monoisotopic (exact) mass is 172 g/mol. The highest BCUT2D eigenvalue weighted by molar-refractivity contribution is 5.35. The number of hydrogen-bond donors (Lipinski definition) is 0. The summed E-state index contributed by atoms with van der Waals surface area (Å²) in [5.74, 6) is -3.19. The van der Waals surface area contributed by atoms with Crippen LogP contribution in [0, 0.1) is 5.82 Å². The van der Waals surface area contributed by atoms with Crippen molar-refractivity contribution in [1.29, 1.82) is 0 Å². The molecular formula is C9H7F3. The summed E-state index contributed by atoms with van der Waals surface area (Å²) >= 11 is 0. The fraction of sp³-hybridized carbons (Fsp3) is 0.333. The van der Waals surface area contributed by atoms with E-state index in [0.717, 1.165) is 6.07 Å². The highest BCUT2D eigenvalue weighted by atomic mass is 19.3. The van der Waals surface area contributed by atoms with Gasteiger partial charge in [0.15, 0.2) is 0 Å². The first-order chi connectivity index (χ1) is 5.59. The predicted molar refractivity (Wildman–Crippen MR) is 38.6 cm³/mol. The zero-order chi connectivity index (χ0) is 8.77. The van der Waals surface area contributed by atoms with Gasteiger partial charge in [-0.3, -0.25) is 0 Å². The summed E-state index contributed by atoms with van der Waals surface area (Å²) in [6, 6.07) is 3.45. The van der Waals surface area contributed by atoms with Crippen molar-refractivity contribution in [2.45, 2.75) is 18.8 Å². The van der Waals surface area contributed by atoms with Crippen LogP contribution >= 0.6 is 0 Å². The van der Waals surface area contributed by atoms with Gasteiger partial charge in [0.25, 0.3) is 5.92 Å². The fourth-order valence-electron chi connectivity index (χ4n) is 1.55. The van der Waals surface area contributed by atoms with E-state index in [1.807, 2.05) is 0 Å². The fourth-order valence-corrected chi connectivity index (χ4v) is 1.55. The average molecular weight is 172 g/mol. The summed E-state index contributed by atoms with van der Waals surface area (Å²) in [6.07, 6.45) is 0.0892. The van der Waals surface area contributed by atoms with E-state index in [2.05, 4.69) is 0 Å². The first kappa shape index (κ1) is 7.65. The van der Waals surface area contributed by atoms with Crippen LogP contribution in [0.5, 0.6) is 0 Å². The second-order valence-corrected chi connectivity index (χ2v) is 3.01. The van der Waals surface area contributed by atoms with Gasteiger partial charge in [0, 0.05) is 12.0 Å². The lowest BCUT2D eigenvalue weighted by atomic mass is 10.1. The molecule has 1 aliphatic rings. The van der Waals surface area contributed by atoms with E-state index in [-0.39, 0.29) is 18.4 Å². The van der Waals surface area contributed by atoms with Gasteiger partial charge in [-0.25, -0.2) is 13.2 Å². The second kappa shape index (κ2) is 2.25. The number of benzene rings is 1. The molecule has 0 nitrogen and oxygen atoms in total. The summed E-state index contributed by atoms with van der Waals surface area (Å²) in [4.78, 5) is 0. The minimum Gasteiger partial charge on any atom is -0.207 e. The van der Waals surface area contributed by atoms with E-state index in [1.54, 1.807) is 0 Å². The molecular weight excluding hydrogens is 165 g/mol. The molecule has 1 aromatic carbocycles. The van der Waals surface area contributed by atoms with Gasteiger partial charge in [-0.2, -0.15) is 0 Å². The molecule has 0 spiro atoms. The number of fused-ring (bicyclic) bond motifs is 1. The SMILES string of the molecule is Fc1ccc2c(c1)CCC2(F)F. The number of aryl methyl sites for hydroxylation is 1. The number of hydrogen-bond acceptors (Lipinski definition) is 0. The molecule has 0 heterocycles. The van der Waals surface area contributed by atoms with Crippen molar-refractivity contribution in [3.05, 3.63) is 35.1 Å². The van der Waals surface area contributed by atoms with Gasteiger partial charge in [-0.15, -0.1) is 0 Å². The van der Waals surface area contributed by atoms with Crippen LogP contribution in [0.1, 0.15) is 17.5 Å². The quantitative estimate of drug-likeness (QED) is 0.564. The van der Waals surface area contributed by atoms with Gasteiger partial charge in [0.2, 0.25) is 0 Å². The molecule has 0 fully saturated rings. The molecule has 0 unspecified atom stereocenters. The Morgan fingerprint density at radius 2 is 2.00 bits per heavy atom. The molecule has 0 radical (unpaired) electrons. The first-order valence-electron chi connectivity index (χ1n) is 3.76. The molecule has 12 heavy (non-hydrogen) atoms. The van der Waals surface area contributed by atoms with Crippen LogP contribution in [0.4, 0.5) is 13.2 Å². The molecule has 0 saturated carbocycles. The van der Waals surface area contributed by atoms with Crippen molar-refractivity contribution in [2.24, 2.45) is 0 Å². The summed E-state index contributed by atoms with van der Waals surface area (Å²) in [7, 11) is 0. The standard InChI is InChI=1S/C9H7F3/c10-7-1-2-8-6(5-7)3-4-9(8,11)12/h1-2,5H,3-4H2. The van der Waals surface area contributed by atoms with Crippen molar-refractivity contribution in [3.63, 3.8) is 0 Å². The van der Waals surface area contributed by atoms with Crippen molar-refractivity contribution >= 4 is 0 Å². The van der Waals surface area contributed by atoms with Crippen LogP contribution in [-0.4, -0.2) is 0 Å². The Kier molecular flexibility index (Phi) is 1.43. The molecule has 0 amide bonds. The third kappa shape index (κ3) is 1.00. The Balaban J connectivity index is 2.55. The lowest BCUT2D eigenvalue weighted by molar-refractivity contribution is -0.00185. The lowest BCUT2D eigenvalue weighted by Gasteiger charge is -2.08. The van der Waals surface area contributed by atoms with Gasteiger partial charge < -0.3 is 0 Å². The average Bonchev–Trinajstić information content (AvgIpc) is 2.27. The highest BCUT2D eigenvalue weighted by Gasteiger charge is 2.38. The largest absolute Gasteiger partial charge is 0.273 e. The Labute approximate surface area is 68.0 Å². The maximum atomic E-state index is 12.9. The maximum Gasteiger partial charge on any atom is 0.273 e. The van der Waals surface area contributed by atoms with Crippen LogP contribution in [0.15, 0.2) is 18.2 Å². The predicted octanol–water partition coefficient (Wildman–Crippen LogP) is 2.86. The minimum absolute atomic E-state index is 0.0103. The zero-order valence-electron chi connectivity index (χ0n) is 6.28. The Morgan fingerprint density at radius 3 is 2.75 bits per heavy atom. The van der Waals surface area contributed by atoms with E-state index in [9.17, 15) is 13.2 Å². The normalized spacial score (nSPS) is 19.2. The molecule has 0 aromatic heterocycles. The topological polar surface area (TPSA) is 0 Å². The number of halogens is 3. The molecule has 2 rings (SSSR count). The summed E-state index contributed by atoms with van der Waals surface area (Å²) in [5, 5.41) is 0. The smallest absolute Gasteiger partial charge is 0.207 e. The van der Waals surface area contributed by atoms with E-state index in [4.69, 9.17) is 0 Å². The third-order valence-electron chi connectivity index (χ3n) is 2.17. The van der Waals surface area contributed by atoms with Gasteiger partial charge in [0.1, 0.15) is 5.82 Å². The Bertz CT molecular complexity index is 318. The van der Waals surface area contributed by atoms with E-state index < -0.39 is 11.7 Å². The second-order valence-electron chi connectivity index (χ2n) is 3.01. The molecule has 1 aliphatic carbocycles. The van der Waals surface area contributed by atoms with Gasteiger partial charge in [0.05, 0.1) is 0 Å². The van der Waals surface area contributed by atoms with Crippen molar-refractivity contribution < 1.29 is 13.2 Å². The zero-order valence-corrected chi connectivity index (χ0v) is 6.28. The van der Waals surface area contributed by atoms with Crippen molar-refractivity contribution in [2.75, 3.05) is 0 Å². The molecule has 3 heteroatoms. The van der Waals surface area contributed by atoms with E-state index in [1.165, 1.54) is 12.1 Å². The molecule has 0 aliphatic heterocycles. The Morgan fingerprint density at radius 1 is 1.25 bits per heavy atom. The number of alkyl halides is 2. The van der Waals surface area contributed by atoms with Gasteiger partial charge in [-0.1, -0.05) is 0 Å². The molecule has 0 bridgehead atoms. The van der Waals surface area contributed by atoms with Crippen LogP contribution in [0.25, 0.3) is 0 Å². The van der Waals surface area contributed by atoms with E-state index in [0.29, 0.717) is 5.56 Å². The van der Waals surface area contributed by atoms with E-state index >= 15 is 0 Å². The molecule has 0 saturated heterocycles. The lowest BCUT2D eigenvalue weighted by Crippen LogP contribution is -2.07. The van der Waals surface area contributed by atoms with Gasteiger partial charge >= 0.3 is 0 Å². The van der Waals surface area contributed by atoms with Crippen LogP contribution in [-0.2, 0) is 12.3 Å². The summed E-state index contributed by atoms with van der Waals surface area (Å²) in [5.41, 5.74) is 0.434. The molecule has 0 atom stereocenters. The van der Waals surface area contributed by atoms with Crippen molar-refractivity contribution in [3.8, 4) is 0 Å². The van der Waals surface area contributed by atoms with Crippen LogP contribution < -0.4 is 0 Å². The van der Waals surface area contributed by atoms with Crippen molar-refractivity contribution in [1.82, 2.24) is 0 Å².